The molecule has 0 unspecified atom stereocenters. The van der Waals surface area contributed by atoms with Crippen LogP contribution in [0.2, 0.25) is 0 Å². The summed E-state index contributed by atoms with van der Waals surface area (Å²) in [5.41, 5.74) is 7.02. The summed E-state index contributed by atoms with van der Waals surface area (Å²) in [4.78, 5) is 4.96. The van der Waals surface area contributed by atoms with Gasteiger partial charge in [-0.1, -0.05) is 12.8 Å². The topological polar surface area (TPSA) is 38.9 Å². The van der Waals surface area contributed by atoms with Crippen LogP contribution < -0.4 is 5.73 Å². The van der Waals surface area contributed by atoms with E-state index in [4.69, 9.17) is 5.73 Å². The zero-order valence-corrected chi connectivity index (χ0v) is 11.5. The van der Waals surface area contributed by atoms with E-state index in [1.165, 1.54) is 31.7 Å². The third-order valence-electron chi connectivity index (χ3n) is 3.77. The van der Waals surface area contributed by atoms with Gasteiger partial charge in [0.15, 0.2) is 0 Å². The molecule has 100 valence electrons. The molecular weight excluding hydrogens is 259 g/mol. The Morgan fingerprint density at radius 3 is 2.95 bits per heavy atom. The predicted molar refractivity (Wildman–Crippen MR) is 78.8 cm³/mol. The van der Waals surface area contributed by atoms with Crippen molar-refractivity contribution in [1.29, 1.82) is 0 Å². The van der Waals surface area contributed by atoms with Crippen LogP contribution in [-0.2, 0) is 0 Å². The van der Waals surface area contributed by atoms with Crippen molar-refractivity contribution in [1.82, 2.24) is 4.98 Å². The van der Waals surface area contributed by atoms with E-state index in [0.717, 1.165) is 17.1 Å². The Balaban J connectivity index is 1.93. The normalized spacial score (nSPS) is 16.3. The fourth-order valence-corrected chi connectivity index (χ4v) is 3.96. The summed E-state index contributed by atoms with van der Waals surface area (Å²) >= 11 is 1.59. The van der Waals surface area contributed by atoms with Gasteiger partial charge in [-0.25, -0.2) is 4.39 Å². The first-order chi connectivity index (χ1) is 9.25. The predicted octanol–water partition coefficient (Wildman–Crippen LogP) is 4.24. The van der Waals surface area contributed by atoms with Crippen molar-refractivity contribution in [3.8, 4) is 0 Å². The maximum Gasteiger partial charge on any atom is 0.141 e. The van der Waals surface area contributed by atoms with Gasteiger partial charge in [-0.15, -0.1) is 11.8 Å². The van der Waals surface area contributed by atoms with Crippen LogP contribution in [0, 0.1) is 11.7 Å². The van der Waals surface area contributed by atoms with Crippen molar-refractivity contribution in [2.75, 3.05) is 11.5 Å². The fourth-order valence-electron chi connectivity index (χ4n) is 2.73. The number of fused-ring (bicyclic) bond motifs is 1. The average Bonchev–Trinajstić information content (AvgIpc) is 2.92. The Morgan fingerprint density at radius 1 is 1.37 bits per heavy atom. The molecule has 0 atom stereocenters. The third-order valence-corrected chi connectivity index (χ3v) is 5.09. The van der Waals surface area contributed by atoms with Gasteiger partial charge in [-0.05, 0) is 37.0 Å². The minimum Gasteiger partial charge on any atom is -0.398 e. The van der Waals surface area contributed by atoms with Gasteiger partial charge in [0, 0.05) is 23.0 Å². The summed E-state index contributed by atoms with van der Waals surface area (Å²) in [6.07, 6.45) is 6.87. The van der Waals surface area contributed by atoms with Crippen molar-refractivity contribution >= 4 is 28.4 Å². The van der Waals surface area contributed by atoms with Crippen molar-refractivity contribution in [3.05, 3.63) is 30.2 Å². The number of nitrogen functional groups attached to an aromatic ring is 1. The largest absolute Gasteiger partial charge is 0.398 e. The molecule has 0 radical (unpaired) electrons. The molecule has 2 nitrogen and oxygen atoms in total. The summed E-state index contributed by atoms with van der Waals surface area (Å²) in [5, 5.41) is 0.845. The molecule has 1 aliphatic carbocycles. The van der Waals surface area contributed by atoms with E-state index in [9.17, 15) is 4.39 Å². The van der Waals surface area contributed by atoms with E-state index in [1.54, 1.807) is 18.0 Å². The number of nitrogens with zero attached hydrogens (tertiary/aromatic N) is 1. The number of anilines is 1. The number of hydrogen-bond donors (Lipinski definition) is 1. The van der Waals surface area contributed by atoms with Gasteiger partial charge in [-0.3, -0.25) is 4.98 Å². The fraction of sp³-hybridized carbons (Fsp3) is 0.400. The van der Waals surface area contributed by atoms with Crippen LogP contribution >= 0.6 is 11.8 Å². The van der Waals surface area contributed by atoms with Crippen molar-refractivity contribution < 1.29 is 4.39 Å². The van der Waals surface area contributed by atoms with E-state index < -0.39 is 0 Å². The van der Waals surface area contributed by atoms with Gasteiger partial charge < -0.3 is 5.73 Å². The number of thioether (sulfide) groups is 1. The first kappa shape index (κ1) is 12.7. The zero-order valence-electron chi connectivity index (χ0n) is 10.7. The van der Waals surface area contributed by atoms with Crippen LogP contribution in [0.4, 0.5) is 10.1 Å². The van der Waals surface area contributed by atoms with E-state index in [-0.39, 0.29) is 5.82 Å². The minimum absolute atomic E-state index is 0.244. The Labute approximate surface area is 116 Å². The van der Waals surface area contributed by atoms with E-state index >= 15 is 0 Å². The molecule has 2 aromatic rings. The second kappa shape index (κ2) is 5.37. The highest BCUT2D eigenvalue weighted by molar-refractivity contribution is 7.99. The van der Waals surface area contributed by atoms with E-state index in [2.05, 4.69) is 4.98 Å². The molecule has 2 N–H and O–H groups in total. The van der Waals surface area contributed by atoms with Crippen LogP contribution in [0.15, 0.2) is 29.3 Å². The highest BCUT2D eigenvalue weighted by Gasteiger charge is 2.18. The summed E-state index contributed by atoms with van der Waals surface area (Å²) in [6, 6.07) is 5.15. The summed E-state index contributed by atoms with van der Waals surface area (Å²) in [7, 11) is 0. The number of benzene rings is 1. The maximum absolute atomic E-state index is 14.1. The second-order valence-corrected chi connectivity index (χ2v) is 6.17. The second-order valence-electron chi connectivity index (χ2n) is 5.14. The minimum atomic E-state index is -0.244. The van der Waals surface area contributed by atoms with Gasteiger partial charge in [0.2, 0.25) is 0 Å². The molecule has 1 aromatic carbocycles. The van der Waals surface area contributed by atoms with Gasteiger partial charge in [-0.2, -0.15) is 0 Å². The van der Waals surface area contributed by atoms with Crippen LogP contribution in [0.1, 0.15) is 25.7 Å². The first-order valence-electron chi connectivity index (χ1n) is 6.71. The lowest BCUT2D eigenvalue weighted by atomic mass is 10.1. The molecule has 0 amide bonds. The highest BCUT2D eigenvalue weighted by Crippen LogP contribution is 2.36. The van der Waals surface area contributed by atoms with Gasteiger partial charge in [0.05, 0.1) is 10.4 Å². The molecule has 0 bridgehead atoms. The third kappa shape index (κ3) is 2.54. The zero-order chi connectivity index (χ0) is 13.2. The Hall–Kier alpha value is -1.29. The maximum atomic E-state index is 14.1. The smallest absolute Gasteiger partial charge is 0.141 e. The lowest BCUT2D eigenvalue weighted by molar-refractivity contribution is 0.601. The molecule has 4 heteroatoms. The summed E-state index contributed by atoms with van der Waals surface area (Å²) in [6.45, 7) is 0. The molecule has 1 aliphatic rings. The van der Waals surface area contributed by atoms with Crippen LogP contribution in [0.3, 0.4) is 0 Å². The number of nitrogens with two attached hydrogens (primary N) is 1. The van der Waals surface area contributed by atoms with Crippen LogP contribution in [0.5, 0.6) is 0 Å². The van der Waals surface area contributed by atoms with Crippen molar-refractivity contribution in [2.45, 2.75) is 30.6 Å². The molecule has 0 aliphatic heterocycles. The monoisotopic (exact) mass is 276 g/mol. The quantitative estimate of drug-likeness (QED) is 0.673. The number of aromatic nitrogens is 1. The Bertz CT molecular complexity index is 594. The Kier molecular flexibility index (Phi) is 3.60. The van der Waals surface area contributed by atoms with Gasteiger partial charge in [0.1, 0.15) is 5.82 Å². The number of halogens is 1. The van der Waals surface area contributed by atoms with Crippen LogP contribution in [0.25, 0.3) is 10.9 Å². The van der Waals surface area contributed by atoms with E-state index in [0.29, 0.717) is 16.1 Å². The van der Waals surface area contributed by atoms with Crippen LogP contribution in [-0.4, -0.2) is 10.7 Å². The molecule has 1 saturated carbocycles. The number of rotatable bonds is 3. The Morgan fingerprint density at radius 2 is 2.16 bits per heavy atom. The number of hydrogen-bond acceptors (Lipinski definition) is 3. The van der Waals surface area contributed by atoms with Crippen molar-refractivity contribution in [2.24, 2.45) is 5.92 Å². The molecule has 19 heavy (non-hydrogen) atoms. The molecule has 0 saturated heterocycles. The standard InChI is InChI=1S/C15H17FN2S/c16-12-8-13(17)11-6-3-7-18-14(11)15(12)19-9-10-4-1-2-5-10/h3,6-8,10H,1-2,4-5,9,17H2. The molecule has 3 rings (SSSR count). The highest BCUT2D eigenvalue weighted by atomic mass is 32.2. The van der Waals surface area contributed by atoms with Gasteiger partial charge >= 0.3 is 0 Å². The number of pyridine rings is 1. The van der Waals surface area contributed by atoms with Gasteiger partial charge in [0.25, 0.3) is 0 Å². The average molecular weight is 276 g/mol. The lowest BCUT2D eigenvalue weighted by Gasteiger charge is -2.12. The molecule has 0 spiro atoms. The first-order valence-corrected chi connectivity index (χ1v) is 7.70. The van der Waals surface area contributed by atoms with E-state index in [1.807, 2.05) is 12.1 Å². The molecule has 1 heterocycles. The molecule has 1 fully saturated rings. The summed E-state index contributed by atoms with van der Waals surface area (Å²) in [5.74, 6) is 1.46. The summed E-state index contributed by atoms with van der Waals surface area (Å²) < 4.78 is 14.1. The van der Waals surface area contributed by atoms with Crippen molar-refractivity contribution in [3.63, 3.8) is 0 Å². The SMILES string of the molecule is Nc1cc(F)c(SCC2CCCC2)c2ncccc12. The molecular formula is C15H17FN2S. The molecule has 1 aromatic heterocycles. The lowest BCUT2D eigenvalue weighted by Crippen LogP contribution is -1.99.